The minimum absolute atomic E-state index is 0.0992. The van der Waals surface area contributed by atoms with Crippen molar-refractivity contribution in [3.05, 3.63) is 34.4 Å². The molecule has 0 spiro atoms. The molecule has 1 aromatic rings. The first kappa shape index (κ1) is 21.3. The maximum atomic E-state index is 15.5. The average Bonchev–Trinajstić information content (AvgIpc) is 2.72. The highest BCUT2D eigenvalue weighted by molar-refractivity contribution is 5.39. The van der Waals surface area contributed by atoms with Crippen LogP contribution < -0.4 is 0 Å². The van der Waals surface area contributed by atoms with Gasteiger partial charge in [-0.3, -0.25) is 0 Å². The molecule has 0 nitrogen and oxygen atoms in total. The number of halogens is 2. The van der Waals surface area contributed by atoms with Crippen molar-refractivity contribution in [1.29, 1.82) is 0 Å². The van der Waals surface area contributed by atoms with E-state index in [4.69, 9.17) is 0 Å². The summed E-state index contributed by atoms with van der Waals surface area (Å²) in [6.45, 7) is 4.50. The fourth-order valence-corrected chi connectivity index (χ4v) is 6.97. The third kappa shape index (κ3) is 4.57. The number of hydrogen-bond acceptors (Lipinski definition) is 0. The number of rotatable bonds is 6. The summed E-state index contributed by atoms with van der Waals surface area (Å²) < 4.78 is 30.7. The van der Waals surface area contributed by atoms with Crippen LogP contribution in [-0.4, -0.2) is 0 Å². The molecule has 0 heterocycles. The quantitative estimate of drug-likeness (QED) is 0.448. The van der Waals surface area contributed by atoms with Crippen molar-refractivity contribution in [2.45, 2.75) is 110 Å². The van der Waals surface area contributed by atoms with Gasteiger partial charge in [-0.1, -0.05) is 52.4 Å². The Bertz CT molecular complexity index is 694. The SMILES string of the molecule is CCCCC1CCc2c(cc(F)c(C3CCC4CC(CCC)CCC4C3)c2F)C1. The molecule has 0 bridgehead atoms. The lowest BCUT2D eigenvalue weighted by Crippen LogP contribution is -2.31. The summed E-state index contributed by atoms with van der Waals surface area (Å²) in [5.41, 5.74) is 2.26. The van der Waals surface area contributed by atoms with Crippen molar-refractivity contribution in [3.8, 4) is 0 Å². The average molecular weight is 403 g/mol. The molecule has 5 atom stereocenters. The van der Waals surface area contributed by atoms with Crippen LogP contribution in [0.2, 0.25) is 0 Å². The summed E-state index contributed by atoms with van der Waals surface area (Å²) in [6.07, 6.45) is 16.2. The fraction of sp³-hybridized carbons (Fsp3) is 0.778. The largest absolute Gasteiger partial charge is 0.207 e. The molecule has 0 aliphatic heterocycles. The van der Waals surface area contributed by atoms with Gasteiger partial charge in [-0.25, -0.2) is 8.78 Å². The Kier molecular flexibility index (Phi) is 6.97. The van der Waals surface area contributed by atoms with Crippen LogP contribution in [0, 0.1) is 35.3 Å². The molecule has 0 aromatic heterocycles. The number of fused-ring (bicyclic) bond motifs is 2. The molecule has 162 valence electrons. The molecule has 0 N–H and O–H groups in total. The third-order valence-corrected chi connectivity index (χ3v) is 8.55. The molecule has 3 aliphatic rings. The van der Waals surface area contributed by atoms with E-state index in [0.717, 1.165) is 55.1 Å². The lowest BCUT2D eigenvalue weighted by Gasteiger charge is -2.42. The second kappa shape index (κ2) is 9.48. The first-order valence-corrected chi connectivity index (χ1v) is 12.6. The Balaban J connectivity index is 1.47. The molecule has 0 amide bonds. The van der Waals surface area contributed by atoms with Crippen molar-refractivity contribution in [2.24, 2.45) is 23.7 Å². The summed E-state index contributed by atoms with van der Waals surface area (Å²) >= 11 is 0. The fourth-order valence-electron chi connectivity index (χ4n) is 6.97. The van der Waals surface area contributed by atoms with E-state index in [1.807, 2.05) is 0 Å². The van der Waals surface area contributed by atoms with E-state index in [-0.39, 0.29) is 17.6 Å². The van der Waals surface area contributed by atoms with Gasteiger partial charge in [0.1, 0.15) is 11.6 Å². The molecular formula is C27H40F2. The summed E-state index contributed by atoms with van der Waals surface area (Å²) in [5, 5.41) is 0. The monoisotopic (exact) mass is 402 g/mol. The van der Waals surface area contributed by atoms with Gasteiger partial charge in [0.05, 0.1) is 0 Å². The highest BCUT2D eigenvalue weighted by atomic mass is 19.1. The smallest absolute Gasteiger partial charge is 0.133 e. The normalized spacial score (nSPS) is 31.9. The summed E-state index contributed by atoms with van der Waals surface area (Å²) in [4.78, 5) is 0. The van der Waals surface area contributed by atoms with Crippen molar-refractivity contribution >= 4 is 0 Å². The zero-order chi connectivity index (χ0) is 20.4. The van der Waals surface area contributed by atoms with E-state index in [1.54, 1.807) is 6.07 Å². The van der Waals surface area contributed by atoms with Gasteiger partial charge in [-0.05, 0) is 98.1 Å². The number of hydrogen-bond donors (Lipinski definition) is 0. The maximum Gasteiger partial charge on any atom is 0.133 e. The predicted octanol–water partition coefficient (Wildman–Crippen LogP) is 8.36. The van der Waals surface area contributed by atoms with E-state index in [0.29, 0.717) is 17.4 Å². The van der Waals surface area contributed by atoms with Crippen molar-refractivity contribution in [2.75, 3.05) is 0 Å². The highest BCUT2D eigenvalue weighted by Crippen LogP contribution is 2.49. The molecule has 2 heteroatoms. The molecule has 4 rings (SSSR count). The van der Waals surface area contributed by atoms with Crippen LogP contribution in [0.15, 0.2) is 6.07 Å². The van der Waals surface area contributed by atoms with Gasteiger partial charge in [-0.2, -0.15) is 0 Å². The molecule has 3 aliphatic carbocycles. The Hall–Kier alpha value is -0.920. The Morgan fingerprint density at radius 3 is 2.45 bits per heavy atom. The minimum atomic E-state index is -0.250. The van der Waals surface area contributed by atoms with E-state index in [9.17, 15) is 0 Å². The van der Waals surface area contributed by atoms with Crippen LogP contribution in [0.3, 0.4) is 0 Å². The Labute approximate surface area is 176 Å². The number of unbranched alkanes of at least 4 members (excludes halogenated alkanes) is 1. The first-order chi connectivity index (χ1) is 14.1. The predicted molar refractivity (Wildman–Crippen MR) is 117 cm³/mol. The van der Waals surface area contributed by atoms with E-state index in [1.165, 1.54) is 57.8 Å². The van der Waals surface area contributed by atoms with Gasteiger partial charge < -0.3 is 0 Å². The molecule has 2 fully saturated rings. The molecule has 0 radical (unpaired) electrons. The Morgan fingerprint density at radius 2 is 1.66 bits per heavy atom. The van der Waals surface area contributed by atoms with Crippen LogP contribution in [0.4, 0.5) is 8.78 Å². The number of benzene rings is 1. The molecule has 2 saturated carbocycles. The lowest BCUT2D eigenvalue weighted by molar-refractivity contribution is 0.112. The standard InChI is InChI=1S/C27H40F2/c1-3-5-7-19-9-13-24-23(15-19)17-25(28)26(27(24)29)22-12-11-20-14-18(6-4-2)8-10-21(20)16-22/h17-22H,3-16H2,1-2H3. The van der Waals surface area contributed by atoms with Crippen LogP contribution in [0.1, 0.15) is 114 Å². The molecule has 29 heavy (non-hydrogen) atoms. The molecular weight excluding hydrogens is 362 g/mol. The summed E-state index contributed by atoms with van der Waals surface area (Å²) in [5.74, 6) is 2.69. The minimum Gasteiger partial charge on any atom is -0.207 e. The Morgan fingerprint density at radius 1 is 0.862 bits per heavy atom. The van der Waals surface area contributed by atoms with Gasteiger partial charge in [0.15, 0.2) is 0 Å². The summed E-state index contributed by atoms with van der Waals surface area (Å²) in [6, 6.07) is 1.72. The van der Waals surface area contributed by atoms with Gasteiger partial charge >= 0.3 is 0 Å². The first-order valence-electron chi connectivity index (χ1n) is 12.6. The lowest BCUT2D eigenvalue weighted by atomic mass is 9.63. The van der Waals surface area contributed by atoms with E-state index < -0.39 is 0 Å². The topological polar surface area (TPSA) is 0 Å². The highest BCUT2D eigenvalue weighted by Gasteiger charge is 2.38. The van der Waals surface area contributed by atoms with Crippen LogP contribution in [0.5, 0.6) is 0 Å². The zero-order valence-electron chi connectivity index (χ0n) is 18.6. The van der Waals surface area contributed by atoms with Gasteiger partial charge in [0, 0.05) is 5.56 Å². The van der Waals surface area contributed by atoms with E-state index >= 15 is 8.78 Å². The summed E-state index contributed by atoms with van der Waals surface area (Å²) in [7, 11) is 0. The van der Waals surface area contributed by atoms with Gasteiger partial charge in [0.25, 0.3) is 0 Å². The van der Waals surface area contributed by atoms with Crippen LogP contribution in [-0.2, 0) is 12.8 Å². The van der Waals surface area contributed by atoms with Gasteiger partial charge in [0.2, 0.25) is 0 Å². The van der Waals surface area contributed by atoms with Crippen molar-refractivity contribution < 1.29 is 8.78 Å². The maximum absolute atomic E-state index is 15.5. The van der Waals surface area contributed by atoms with Crippen LogP contribution >= 0.6 is 0 Å². The zero-order valence-corrected chi connectivity index (χ0v) is 18.6. The molecule has 5 unspecified atom stereocenters. The second-order valence-corrected chi connectivity index (χ2v) is 10.5. The van der Waals surface area contributed by atoms with Crippen LogP contribution in [0.25, 0.3) is 0 Å². The molecule has 0 saturated heterocycles. The van der Waals surface area contributed by atoms with Crippen molar-refractivity contribution in [1.82, 2.24) is 0 Å². The second-order valence-electron chi connectivity index (χ2n) is 10.5. The third-order valence-electron chi connectivity index (χ3n) is 8.55. The van der Waals surface area contributed by atoms with Gasteiger partial charge in [-0.15, -0.1) is 0 Å². The molecule has 1 aromatic carbocycles. The van der Waals surface area contributed by atoms with E-state index in [2.05, 4.69) is 13.8 Å². The van der Waals surface area contributed by atoms with Crippen molar-refractivity contribution in [3.63, 3.8) is 0 Å².